The lowest BCUT2D eigenvalue weighted by molar-refractivity contribution is -0.143. The van der Waals surface area contributed by atoms with Crippen LogP contribution in [0.1, 0.15) is 43.4 Å². The highest BCUT2D eigenvalue weighted by Gasteiger charge is 2.38. The summed E-state index contributed by atoms with van der Waals surface area (Å²) >= 11 is 0. The fraction of sp³-hybridized carbons (Fsp3) is 0.429. The summed E-state index contributed by atoms with van der Waals surface area (Å²) in [4.78, 5) is 67.6. The number of aliphatic carboxylic acids is 2. The van der Waals surface area contributed by atoms with Gasteiger partial charge < -0.3 is 36.1 Å². The standard InChI is InChI=1S/C28H35N5O9/c1-41-19-10-9-18(30-15-19)16-42-28(40)32-20(7-4-5-13-29)25(35)31-21(26(36)37)11-12-24(34)33-22-8-3-2-6-17(22)14-23(33)27(38)39/h2-3,6,8-10,15,20-21,23H,4-5,7,11-14,16,29H2,1H3,(H,31,35)(H,32,40)(H,36,37)(H,38,39)/t20-,21+,23-/m0/s1. The molecule has 0 saturated heterocycles. The molecule has 14 nitrogen and oxygen atoms in total. The number of nitrogens with two attached hydrogens (primary N) is 1. The lowest BCUT2D eigenvalue weighted by atomic mass is 10.1. The van der Waals surface area contributed by atoms with Gasteiger partial charge in [0.2, 0.25) is 11.8 Å². The molecule has 0 saturated carbocycles. The number of anilines is 1. The number of hydrogen-bond donors (Lipinski definition) is 5. The van der Waals surface area contributed by atoms with Crippen LogP contribution in [0.15, 0.2) is 42.6 Å². The predicted molar refractivity (Wildman–Crippen MR) is 149 cm³/mol. The number of para-hydroxylation sites is 1. The molecular weight excluding hydrogens is 550 g/mol. The van der Waals surface area contributed by atoms with E-state index in [1.165, 1.54) is 13.3 Å². The second kappa shape index (κ2) is 15.3. The number of ether oxygens (including phenoxy) is 2. The monoisotopic (exact) mass is 585 g/mol. The summed E-state index contributed by atoms with van der Waals surface area (Å²) in [7, 11) is 1.49. The zero-order chi connectivity index (χ0) is 30.6. The Morgan fingerprint density at radius 1 is 1.05 bits per heavy atom. The largest absolute Gasteiger partial charge is 0.495 e. The van der Waals surface area contributed by atoms with Crippen molar-refractivity contribution in [3.8, 4) is 5.75 Å². The van der Waals surface area contributed by atoms with E-state index in [1.54, 1.807) is 36.4 Å². The van der Waals surface area contributed by atoms with Crippen molar-refractivity contribution in [1.29, 1.82) is 0 Å². The van der Waals surface area contributed by atoms with Crippen LogP contribution in [-0.4, -0.2) is 76.8 Å². The van der Waals surface area contributed by atoms with Gasteiger partial charge in [-0.25, -0.2) is 14.4 Å². The molecule has 1 aliphatic heterocycles. The van der Waals surface area contributed by atoms with Crippen molar-refractivity contribution in [3.63, 3.8) is 0 Å². The second-order valence-electron chi connectivity index (χ2n) is 9.64. The number of nitrogens with zero attached hydrogens (tertiary/aromatic N) is 2. The minimum Gasteiger partial charge on any atom is -0.495 e. The van der Waals surface area contributed by atoms with E-state index in [4.69, 9.17) is 15.2 Å². The lowest BCUT2D eigenvalue weighted by Gasteiger charge is -2.24. The van der Waals surface area contributed by atoms with Gasteiger partial charge in [-0.05, 0) is 56.0 Å². The van der Waals surface area contributed by atoms with Crippen molar-refractivity contribution >= 4 is 35.5 Å². The number of aromatic nitrogens is 1. The Balaban J connectivity index is 1.61. The number of alkyl carbamates (subject to hydrolysis) is 1. The normalized spacial score (nSPS) is 15.2. The van der Waals surface area contributed by atoms with Crippen molar-refractivity contribution in [3.05, 3.63) is 53.9 Å². The summed E-state index contributed by atoms with van der Waals surface area (Å²) in [5, 5.41) is 24.2. The minimum absolute atomic E-state index is 0.136. The fourth-order valence-electron chi connectivity index (χ4n) is 4.51. The molecule has 1 aromatic carbocycles. The van der Waals surface area contributed by atoms with Crippen molar-refractivity contribution < 1.29 is 43.7 Å². The Morgan fingerprint density at radius 3 is 2.45 bits per heavy atom. The van der Waals surface area contributed by atoms with Crippen molar-refractivity contribution in [2.75, 3.05) is 18.6 Å². The van der Waals surface area contributed by atoms with E-state index < -0.39 is 48.0 Å². The number of pyridine rings is 1. The van der Waals surface area contributed by atoms with E-state index in [0.29, 0.717) is 42.1 Å². The van der Waals surface area contributed by atoms with Crippen molar-refractivity contribution in [2.45, 2.75) is 63.3 Å². The van der Waals surface area contributed by atoms with Crippen LogP contribution in [0, 0.1) is 0 Å². The number of benzene rings is 1. The number of rotatable bonds is 15. The highest BCUT2D eigenvalue weighted by Crippen LogP contribution is 2.33. The Morgan fingerprint density at radius 2 is 1.81 bits per heavy atom. The topological polar surface area (TPSA) is 210 Å². The van der Waals surface area contributed by atoms with Crippen LogP contribution >= 0.6 is 0 Å². The quantitative estimate of drug-likeness (QED) is 0.187. The van der Waals surface area contributed by atoms with Crippen LogP contribution in [0.25, 0.3) is 0 Å². The van der Waals surface area contributed by atoms with Crippen LogP contribution in [0.4, 0.5) is 10.5 Å². The average Bonchev–Trinajstić information content (AvgIpc) is 3.38. The van der Waals surface area contributed by atoms with Gasteiger partial charge in [-0.3, -0.25) is 19.5 Å². The van der Waals surface area contributed by atoms with Gasteiger partial charge in [0, 0.05) is 18.5 Å². The molecule has 6 N–H and O–H groups in total. The lowest BCUT2D eigenvalue weighted by Crippen LogP contribution is -2.52. The highest BCUT2D eigenvalue weighted by atomic mass is 16.5. The first-order chi connectivity index (χ1) is 20.1. The molecule has 0 unspecified atom stereocenters. The van der Waals surface area contributed by atoms with Gasteiger partial charge in [0.25, 0.3) is 0 Å². The predicted octanol–water partition coefficient (Wildman–Crippen LogP) is 1.21. The van der Waals surface area contributed by atoms with Crippen molar-refractivity contribution in [1.82, 2.24) is 15.6 Å². The Hall–Kier alpha value is -4.72. The summed E-state index contributed by atoms with van der Waals surface area (Å²) in [5.41, 5.74) is 7.14. The van der Waals surface area contributed by atoms with Gasteiger partial charge in [-0.1, -0.05) is 18.2 Å². The molecule has 0 aliphatic carbocycles. The third-order valence-corrected chi connectivity index (χ3v) is 6.73. The Kier molecular flexibility index (Phi) is 11.6. The Labute approximate surface area is 242 Å². The van der Waals surface area contributed by atoms with E-state index in [9.17, 15) is 34.2 Å². The van der Waals surface area contributed by atoms with E-state index in [0.717, 1.165) is 4.90 Å². The number of methoxy groups -OCH3 is 1. The minimum atomic E-state index is -1.47. The smallest absolute Gasteiger partial charge is 0.408 e. The summed E-state index contributed by atoms with van der Waals surface area (Å²) < 4.78 is 10.2. The number of nitrogens with one attached hydrogen (secondary N) is 2. The number of fused-ring (bicyclic) bond motifs is 1. The third kappa shape index (κ3) is 8.64. The summed E-state index contributed by atoms with van der Waals surface area (Å²) in [5.74, 6) is -3.39. The molecule has 1 aromatic heterocycles. The molecule has 14 heteroatoms. The van der Waals surface area contributed by atoms with Crippen LogP contribution in [-0.2, 0) is 36.9 Å². The molecular formula is C28H35N5O9. The maximum Gasteiger partial charge on any atom is 0.408 e. The van der Waals surface area contributed by atoms with E-state index in [-0.39, 0.29) is 32.3 Å². The molecule has 0 bridgehead atoms. The number of amides is 3. The molecule has 226 valence electrons. The molecule has 3 rings (SSSR count). The first-order valence-corrected chi connectivity index (χ1v) is 13.4. The number of hydrogen-bond acceptors (Lipinski definition) is 9. The van der Waals surface area contributed by atoms with Crippen LogP contribution in [0.2, 0.25) is 0 Å². The molecule has 1 aliphatic rings. The van der Waals surface area contributed by atoms with Crippen LogP contribution in [0.5, 0.6) is 5.75 Å². The summed E-state index contributed by atoms with van der Waals surface area (Å²) in [6.07, 6.45) is 1.25. The number of unbranched alkanes of at least 4 members (excludes halogenated alkanes) is 1. The first-order valence-electron chi connectivity index (χ1n) is 13.4. The van der Waals surface area contributed by atoms with Gasteiger partial charge >= 0.3 is 18.0 Å². The molecule has 3 amide bonds. The molecule has 2 heterocycles. The van der Waals surface area contributed by atoms with Crippen LogP contribution < -0.4 is 26.0 Å². The van der Waals surface area contributed by atoms with Crippen molar-refractivity contribution in [2.24, 2.45) is 5.73 Å². The van der Waals surface area contributed by atoms with Gasteiger partial charge in [0.05, 0.1) is 19.0 Å². The number of carbonyl (C=O) groups is 5. The molecule has 0 spiro atoms. The molecule has 42 heavy (non-hydrogen) atoms. The number of carboxylic acid groups (broad SMARTS) is 2. The second-order valence-corrected chi connectivity index (χ2v) is 9.64. The summed E-state index contributed by atoms with van der Waals surface area (Å²) in [6.45, 7) is 0.183. The number of carboxylic acids is 2. The zero-order valence-electron chi connectivity index (χ0n) is 23.2. The van der Waals surface area contributed by atoms with Gasteiger partial charge in [0.1, 0.15) is 30.5 Å². The molecule has 0 fully saturated rings. The number of carbonyl (C=O) groups excluding carboxylic acids is 3. The van der Waals surface area contributed by atoms with E-state index in [2.05, 4.69) is 15.6 Å². The van der Waals surface area contributed by atoms with E-state index in [1.807, 2.05) is 0 Å². The van der Waals surface area contributed by atoms with Gasteiger partial charge in [0.15, 0.2) is 0 Å². The Bertz CT molecular complexity index is 1270. The van der Waals surface area contributed by atoms with Crippen LogP contribution in [0.3, 0.4) is 0 Å². The maximum atomic E-state index is 13.1. The van der Waals surface area contributed by atoms with Gasteiger partial charge in [-0.2, -0.15) is 0 Å². The SMILES string of the molecule is COc1ccc(COC(=O)N[C@@H](CCCCN)C(=O)N[C@H](CCC(=O)N2c3ccccc3C[C@H]2C(=O)O)C(=O)O)nc1. The fourth-order valence-corrected chi connectivity index (χ4v) is 4.51. The highest BCUT2D eigenvalue weighted by molar-refractivity contribution is 6.02. The summed E-state index contributed by atoms with van der Waals surface area (Å²) in [6, 6.07) is 6.33. The molecule has 3 atom stereocenters. The third-order valence-electron chi connectivity index (χ3n) is 6.73. The van der Waals surface area contributed by atoms with E-state index >= 15 is 0 Å². The first kappa shape index (κ1) is 31.8. The van der Waals surface area contributed by atoms with Gasteiger partial charge in [-0.15, -0.1) is 0 Å². The molecule has 2 aromatic rings. The maximum absolute atomic E-state index is 13.1. The average molecular weight is 586 g/mol. The molecule has 0 radical (unpaired) electrons. The zero-order valence-corrected chi connectivity index (χ0v) is 23.2.